The minimum absolute atomic E-state index is 0.126. The van der Waals surface area contributed by atoms with Crippen molar-refractivity contribution in [3.8, 4) is 5.75 Å². The topological polar surface area (TPSA) is 84.4 Å². The third-order valence-corrected chi connectivity index (χ3v) is 5.75. The Balaban J connectivity index is 1.60. The van der Waals surface area contributed by atoms with Gasteiger partial charge in [0.1, 0.15) is 15.1 Å². The SMILES string of the molecule is COc1ccc(/C=C2\SC(=S)N(CCC(=O)Nc3nnc(C)s3)C2=O)cc1. The summed E-state index contributed by atoms with van der Waals surface area (Å²) in [5, 5.41) is 11.6. The number of rotatable bonds is 6. The number of nitrogens with one attached hydrogen (secondary N) is 1. The first-order chi connectivity index (χ1) is 13.0. The van der Waals surface area contributed by atoms with Crippen molar-refractivity contribution in [3.63, 3.8) is 0 Å². The minimum Gasteiger partial charge on any atom is -0.497 e. The lowest BCUT2D eigenvalue weighted by Gasteiger charge is -2.13. The Kier molecular flexibility index (Phi) is 6.19. The second-order valence-electron chi connectivity index (χ2n) is 5.53. The zero-order valence-electron chi connectivity index (χ0n) is 14.6. The van der Waals surface area contributed by atoms with Gasteiger partial charge in [0.15, 0.2) is 0 Å². The third kappa shape index (κ3) is 4.90. The maximum atomic E-state index is 12.6. The van der Waals surface area contributed by atoms with Crippen molar-refractivity contribution < 1.29 is 14.3 Å². The number of benzene rings is 1. The van der Waals surface area contributed by atoms with Gasteiger partial charge in [0.2, 0.25) is 11.0 Å². The fourth-order valence-electron chi connectivity index (χ4n) is 2.29. The average Bonchev–Trinajstić information content (AvgIpc) is 3.17. The van der Waals surface area contributed by atoms with E-state index >= 15 is 0 Å². The fraction of sp³-hybridized carbons (Fsp3) is 0.235. The van der Waals surface area contributed by atoms with Crippen LogP contribution < -0.4 is 10.1 Å². The molecule has 1 fully saturated rings. The molecule has 140 valence electrons. The molecule has 3 rings (SSSR count). The number of methoxy groups -OCH3 is 1. The maximum absolute atomic E-state index is 12.6. The van der Waals surface area contributed by atoms with Crippen LogP contribution in [0.3, 0.4) is 0 Å². The highest BCUT2D eigenvalue weighted by atomic mass is 32.2. The van der Waals surface area contributed by atoms with Crippen LogP contribution in [0.25, 0.3) is 6.08 Å². The van der Waals surface area contributed by atoms with Crippen LogP contribution >= 0.6 is 35.3 Å². The molecule has 1 aliphatic rings. The maximum Gasteiger partial charge on any atom is 0.266 e. The van der Waals surface area contributed by atoms with Crippen molar-refractivity contribution in [3.05, 3.63) is 39.7 Å². The molecule has 0 unspecified atom stereocenters. The molecule has 2 amide bonds. The molecule has 1 aromatic heterocycles. The molecule has 1 aliphatic heterocycles. The predicted octanol–water partition coefficient (Wildman–Crippen LogP) is 3.09. The van der Waals surface area contributed by atoms with Gasteiger partial charge in [0.05, 0.1) is 12.0 Å². The number of thioether (sulfide) groups is 1. The fourth-order valence-corrected chi connectivity index (χ4v) is 4.20. The summed E-state index contributed by atoms with van der Waals surface area (Å²) >= 11 is 7.82. The molecule has 0 radical (unpaired) electrons. The zero-order valence-corrected chi connectivity index (χ0v) is 17.0. The number of anilines is 1. The Morgan fingerprint density at radius 3 is 2.70 bits per heavy atom. The quantitative estimate of drug-likeness (QED) is 0.568. The molecule has 0 saturated carbocycles. The average molecular weight is 421 g/mol. The van der Waals surface area contributed by atoms with Crippen molar-refractivity contribution in [2.75, 3.05) is 19.0 Å². The first-order valence-corrected chi connectivity index (χ1v) is 10.00. The van der Waals surface area contributed by atoms with Crippen LogP contribution in [0.2, 0.25) is 0 Å². The van der Waals surface area contributed by atoms with Gasteiger partial charge in [-0.05, 0) is 30.7 Å². The van der Waals surface area contributed by atoms with Gasteiger partial charge in [-0.1, -0.05) is 47.4 Å². The van der Waals surface area contributed by atoms with Crippen LogP contribution in [0.1, 0.15) is 17.0 Å². The van der Waals surface area contributed by atoms with E-state index in [0.717, 1.165) is 16.3 Å². The zero-order chi connectivity index (χ0) is 19.4. The normalized spacial score (nSPS) is 15.5. The van der Waals surface area contributed by atoms with E-state index in [2.05, 4.69) is 15.5 Å². The number of hydrogen-bond acceptors (Lipinski definition) is 8. The molecule has 0 bridgehead atoms. The molecule has 2 aromatic rings. The van der Waals surface area contributed by atoms with Gasteiger partial charge in [0.25, 0.3) is 5.91 Å². The largest absolute Gasteiger partial charge is 0.497 e. The molecule has 10 heteroatoms. The predicted molar refractivity (Wildman–Crippen MR) is 111 cm³/mol. The molecule has 0 spiro atoms. The number of thiocarbonyl (C=S) groups is 1. The molecule has 0 aliphatic carbocycles. The molecule has 7 nitrogen and oxygen atoms in total. The number of aromatic nitrogens is 2. The molecule has 2 heterocycles. The number of carbonyl (C=O) groups excluding carboxylic acids is 2. The molecule has 0 atom stereocenters. The summed E-state index contributed by atoms with van der Waals surface area (Å²) in [6, 6.07) is 7.38. The van der Waals surface area contributed by atoms with E-state index in [9.17, 15) is 9.59 Å². The lowest BCUT2D eigenvalue weighted by molar-refractivity contribution is -0.122. The Labute approximate surface area is 169 Å². The van der Waals surface area contributed by atoms with Gasteiger partial charge < -0.3 is 10.1 Å². The lowest BCUT2D eigenvalue weighted by atomic mass is 10.2. The second kappa shape index (κ2) is 8.59. The van der Waals surface area contributed by atoms with Crippen molar-refractivity contribution in [2.45, 2.75) is 13.3 Å². The van der Waals surface area contributed by atoms with E-state index in [1.54, 1.807) is 13.2 Å². The number of ether oxygens (including phenoxy) is 1. The summed E-state index contributed by atoms with van der Waals surface area (Å²) in [5.74, 6) is 0.316. The highest BCUT2D eigenvalue weighted by Gasteiger charge is 2.32. The monoisotopic (exact) mass is 420 g/mol. The Hall–Kier alpha value is -2.30. The Morgan fingerprint density at radius 1 is 1.33 bits per heavy atom. The molecule has 1 N–H and O–H groups in total. The first-order valence-electron chi connectivity index (χ1n) is 7.95. The summed E-state index contributed by atoms with van der Waals surface area (Å²) in [5.41, 5.74) is 0.876. The highest BCUT2D eigenvalue weighted by Crippen LogP contribution is 2.32. The van der Waals surface area contributed by atoms with Gasteiger partial charge in [-0.15, -0.1) is 10.2 Å². The number of hydrogen-bond donors (Lipinski definition) is 1. The van der Waals surface area contributed by atoms with E-state index in [1.165, 1.54) is 28.0 Å². The van der Waals surface area contributed by atoms with E-state index < -0.39 is 0 Å². The minimum atomic E-state index is -0.237. The van der Waals surface area contributed by atoms with E-state index in [4.69, 9.17) is 17.0 Å². The van der Waals surface area contributed by atoms with Crippen LogP contribution in [0.15, 0.2) is 29.2 Å². The summed E-state index contributed by atoms with van der Waals surface area (Å²) in [7, 11) is 1.60. The summed E-state index contributed by atoms with van der Waals surface area (Å²) < 4.78 is 5.57. The highest BCUT2D eigenvalue weighted by molar-refractivity contribution is 8.26. The molecule has 27 heavy (non-hydrogen) atoms. The molecule has 1 aromatic carbocycles. The first kappa shape index (κ1) is 19.5. The van der Waals surface area contributed by atoms with Crippen LogP contribution in [-0.4, -0.2) is 44.9 Å². The summed E-state index contributed by atoms with van der Waals surface area (Å²) in [4.78, 5) is 26.6. The molecule has 1 saturated heterocycles. The lowest BCUT2D eigenvalue weighted by Crippen LogP contribution is -2.31. The van der Waals surface area contributed by atoms with E-state index in [-0.39, 0.29) is 24.8 Å². The van der Waals surface area contributed by atoms with Crippen LogP contribution in [0.4, 0.5) is 5.13 Å². The Morgan fingerprint density at radius 2 is 2.07 bits per heavy atom. The summed E-state index contributed by atoms with van der Waals surface area (Å²) in [6.45, 7) is 2.02. The van der Waals surface area contributed by atoms with E-state index in [0.29, 0.717) is 14.4 Å². The van der Waals surface area contributed by atoms with Crippen LogP contribution in [0, 0.1) is 6.92 Å². The van der Waals surface area contributed by atoms with Gasteiger partial charge in [-0.3, -0.25) is 14.5 Å². The molecular weight excluding hydrogens is 404 g/mol. The summed E-state index contributed by atoms with van der Waals surface area (Å²) in [6.07, 6.45) is 1.91. The van der Waals surface area contributed by atoms with Gasteiger partial charge in [-0.2, -0.15) is 0 Å². The Bertz CT molecular complexity index is 908. The van der Waals surface area contributed by atoms with Gasteiger partial charge in [0, 0.05) is 13.0 Å². The van der Waals surface area contributed by atoms with Gasteiger partial charge >= 0.3 is 0 Å². The smallest absolute Gasteiger partial charge is 0.266 e. The van der Waals surface area contributed by atoms with E-state index in [1.807, 2.05) is 31.2 Å². The van der Waals surface area contributed by atoms with Crippen molar-refractivity contribution in [2.24, 2.45) is 0 Å². The number of amides is 2. The second-order valence-corrected chi connectivity index (χ2v) is 8.39. The number of carbonyl (C=O) groups is 2. The van der Waals surface area contributed by atoms with Crippen molar-refractivity contribution >= 4 is 62.7 Å². The van der Waals surface area contributed by atoms with Crippen LogP contribution in [-0.2, 0) is 9.59 Å². The number of aryl methyl sites for hydroxylation is 1. The van der Waals surface area contributed by atoms with Crippen molar-refractivity contribution in [1.82, 2.24) is 15.1 Å². The van der Waals surface area contributed by atoms with Gasteiger partial charge in [-0.25, -0.2) is 0 Å². The standard InChI is InChI=1S/C17H16N4O3S3/c1-10-19-20-16(26-10)18-14(22)7-8-21-15(23)13(27-17(21)25)9-11-3-5-12(24-2)6-4-11/h3-6,9H,7-8H2,1-2H3,(H,18,20,22)/b13-9-. The molecular formula is C17H16N4O3S3. The van der Waals surface area contributed by atoms with Crippen LogP contribution in [0.5, 0.6) is 5.75 Å². The number of nitrogens with zero attached hydrogens (tertiary/aromatic N) is 3. The third-order valence-electron chi connectivity index (χ3n) is 3.62. The van der Waals surface area contributed by atoms with Crippen molar-refractivity contribution in [1.29, 1.82) is 0 Å².